The number of ether oxygens (including phenoxy) is 3. The van der Waals surface area contributed by atoms with Crippen LogP contribution < -0.4 is 15.0 Å². The van der Waals surface area contributed by atoms with Crippen molar-refractivity contribution in [3.8, 4) is 11.6 Å². The van der Waals surface area contributed by atoms with Crippen LogP contribution in [0.2, 0.25) is 0 Å². The third-order valence-corrected chi connectivity index (χ3v) is 8.99. The van der Waals surface area contributed by atoms with Gasteiger partial charge in [-0.05, 0) is 37.0 Å². The molecule has 2 atom stereocenters. The molecule has 42 heavy (non-hydrogen) atoms. The number of anilines is 1. The Bertz CT molecular complexity index is 1520. The smallest absolute Gasteiger partial charge is 0.345 e. The molecule has 1 unspecified atom stereocenters. The van der Waals surface area contributed by atoms with Gasteiger partial charge in [-0.2, -0.15) is 9.97 Å². The van der Waals surface area contributed by atoms with Crippen molar-refractivity contribution in [2.45, 2.75) is 45.4 Å². The Hall–Kier alpha value is -3.99. The maximum Gasteiger partial charge on any atom is 0.345 e. The Morgan fingerprint density at radius 2 is 1.83 bits per heavy atom. The lowest BCUT2D eigenvalue weighted by Gasteiger charge is -2.31. The molecule has 5 rings (SSSR count). The van der Waals surface area contributed by atoms with Crippen LogP contribution >= 0.6 is 7.52 Å². The minimum atomic E-state index is -3.66. The molecule has 0 bridgehead atoms. The summed E-state index contributed by atoms with van der Waals surface area (Å²) in [6, 6.07) is 17.6. The van der Waals surface area contributed by atoms with Gasteiger partial charge < -0.3 is 29.0 Å². The number of carbonyl (C=O) groups is 1. The zero-order valence-corrected chi connectivity index (χ0v) is 24.4. The van der Waals surface area contributed by atoms with E-state index in [0.717, 1.165) is 12.0 Å². The second-order valence-electron chi connectivity index (χ2n) is 9.84. The van der Waals surface area contributed by atoms with E-state index in [2.05, 4.69) is 15.0 Å². The van der Waals surface area contributed by atoms with Gasteiger partial charge in [0, 0.05) is 13.1 Å². The van der Waals surface area contributed by atoms with E-state index >= 15 is 0 Å². The number of hydrogen-bond acceptors (Lipinski definition) is 10. The van der Waals surface area contributed by atoms with Gasteiger partial charge in [0.15, 0.2) is 11.2 Å². The Kier molecular flexibility index (Phi) is 9.68. The number of esters is 1. The maximum atomic E-state index is 14.4. The zero-order valence-electron chi connectivity index (χ0n) is 23.5. The fourth-order valence-electron chi connectivity index (χ4n) is 4.72. The summed E-state index contributed by atoms with van der Waals surface area (Å²) >= 11 is 0. The molecule has 1 fully saturated rings. The first-order valence-corrected chi connectivity index (χ1v) is 15.7. The van der Waals surface area contributed by atoms with Gasteiger partial charge in [0.05, 0.1) is 19.5 Å². The quantitative estimate of drug-likeness (QED) is 0.124. The molecule has 0 amide bonds. The van der Waals surface area contributed by atoms with E-state index in [0.29, 0.717) is 55.3 Å². The highest BCUT2D eigenvalue weighted by atomic mass is 31.2. The maximum absolute atomic E-state index is 14.4. The van der Waals surface area contributed by atoms with Gasteiger partial charge in [-0.15, -0.1) is 0 Å². The van der Waals surface area contributed by atoms with Gasteiger partial charge >= 0.3 is 13.5 Å². The van der Waals surface area contributed by atoms with Crippen molar-refractivity contribution in [1.29, 1.82) is 0 Å². The molecule has 1 saturated heterocycles. The number of nitrogens with two attached hydrogens (primary N) is 1. The average molecular weight is 595 g/mol. The standard InChI is InChI=1S/C29H35N6O6P/c1-2-17-39-27-25-26(32-29(30)33-27)34(20-31-25)16-18-38-21-42(37,41-23-12-7-4-8-13-23)35-15-9-14-24(35)28(36)40-19-22-10-5-3-6-11-22/h3-8,10-13,20,24H,2,9,14-19,21H2,1H3,(H2,30,32,33)/t24-,42?/m0/s1. The van der Waals surface area contributed by atoms with E-state index in [1.165, 1.54) is 0 Å². The van der Waals surface area contributed by atoms with Crippen molar-refractivity contribution in [1.82, 2.24) is 24.2 Å². The fourth-order valence-corrected chi connectivity index (χ4v) is 6.92. The summed E-state index contributed by atoms with van der Waals surface area (Å²) in [5, 5.41) is 0. The molecule has 0 spiro atoms. The molecular weight excluding hydrogens is 559 g/mol. The highest BCUT2D eigenvalue weighted by molar-refractivity contribution is 7.56. The Morgan fingerprint density at radius 1 is 1.07 bits per heavy atom. The van der Waals surface area contributed by atoms with Gasteiger partial charge in [0.25, 0.3) is 0 Å². The number of nitrogen functional groups attached to an aromatic ring is 1. The summed E-state index contributed by atoms with van der Waals surface area (Å²) in [5.41, 5.74) is 7.80. The number of benzene rings is 2. The summed E-state index contributed by atoms with van der Waals surface area (Å²) in [6.45, 7) is 3.57. The first-order valence-electron chi connectivity index (χ1n) is 14.0. The number of imidazole rings is 1. The number of hydrogen-bond donors (Lipinski definition) is 1. The highest BCUT2D eigenvalue weighted by Gasteiger charge is 2.45. The van der Waals surface area contributed by atoms with Crippen molar-refractivity contribution in [2.24, 2.45) is 0 Å². The van der Waals surface area contributed by atoms with E-state index in [4.69, 9.17) is 24.5 Å². The van der Waals surface area contributed by atoms with E-state index in [1.807, 2.05) is 43.3 Å². The largest absolute Gasteiger partial charge is 0.476 e. The lowest BCUT2D eigenvalue weighted by molar-refractivity contribution is -0.149. The van der Waals surface area contributed by atoms with Crippen LogP contribution in [0.25, 0.3) is 11.2 Å². The topological polar surface area (TPSA) is 144 Å². The molecular formula is C29H35N6O6P. The molecule has 3 heterocycles. The van der Waals surface area contributed by atoms with Crippen LogP contribution in [0, 0.1) is 0 Å². The van der Waals surface area contributed by atoms with Gasteiger partial charge in [-0.1, -0.05) is 55.5 Å². The summed E-state index contributed by atoms with van der Waals surface area (Å²) < 4.78 is 41.1. The van der Waals surface area contributed by atoms with Gasteiger partial charge in [0.2, 0.25) is 11.8 Å². The van der Waals surface area contributed by atoms with E-state index in [1.54, 1.807) is 39.8 Å². The predicted octanol–water partition coefficient (Wildman–Crippen LogP) is 4.65. The highest BCUT2D eigenvalue weighted by Crippen LogP contribution is 2.54. The third-order valence-electron chi connectivity index (χ3n) is 6.73. The fraction of sp³-hybridized carbons (Fsp3) is 0.379. The molecule has 2 aromatic carbocycles. The molecule has 4 aromatic rings. The molecule has 12 nitrogen and oxygen atoms in total. The molecule has 2 N–H and O–H groups in total. The van der Waals surface area contributed by atoms with E-state index in [9.17, 15) is 9.36 Å². The molecule has 0 radical (unpaired) electrons. The van der Waals surface area contributed by atoms with Crippen LogP contribution in [0.15, 0.2) is 67.0 Å². The number of aromatic nitrogens is 4. The van der Waals surface area contributed by atoms with E-state index in [-0.39, 0.29) is 25.5 Å². The van der Waals surface area contributed by atoms with E-state index < -0.39 is 19.5 Å². The second kappa shape index (κ2) is 13.8. The monoisotopic (exact) mass is 594 g/mol. The van der Waals surface area contributed by atoms with Crippen LogP contribution in [-0.4, -0.2) is 62.3 Å². The summed E-state index contributed by atoms with van der Waals surface area (Å²) in [4.78, 5) is 26.0. The normalized spacial score (nSPS) is 16.7. The average Bonchev–Trinajstić information content (AvgIpc) is 3.66. The Morgan fingerprint density at radius 3 is 2.60 bits per heavy atom. The molecule has 13 heteroatoms. The van der Waals surface area contributed by atoms with Crippen molar-refractivity contribution >= 4 is 30.6 Å². The molecule has 0 aliphatic carbocycles. The first-order chi connectivity index (χ1) is 20.5. The molecule has 2 aromatic heterocycles. The second-order valence-corrected chi connectivity index (χ2v) is 12.1. The predicted molar refractivity (Wildman–Crippen MR) is 157 cm³/mol. The van der Waals surface area contributed by atoms with Gasteiger partial charge in [0.1, 0.15) is 24.7 Å². The molecule has 222 valence electrons. The SMILES string of the molecule is CCCOc1nc(N)nc2c1ncn2CCOCP(=O)(Oc1ccccc1)N1CCC[C@H]1C(=O)OCc1ccccc1. The number of carbonyl (C=O) groups excluding carboxylic acids is 1. The van der Waals surface area contributed by atoms with Crippen molar-refractivity contribution in [3.05, 3.63) is 72.6 Å². The van der Waals surface area contributed by atoms with Crippen molar-refractivity contribution < 1.29 is 28.1 Å². The number of rotatable bonds is 14. The van der Waals surface area contributed by atoms with Crippen LogP contribution in [-0.2, 0) is 32.0 Å². The Labute approximate surface area is 244 Å². The van der Waals surface area contributed by atoms with Gasteiger partial charge in [-0.25, -0.2) is 9.65 Å². The molecule has 1 aliphatic rings. The molecule has 0 saturated carbocycles. The number of nitrogens with zero attached hydrogens (tertiary/aromatic N) is 5. The first kappa shape index (κ1) is 29.5. The summed E-state index contributed by atoms with van der Waals surface area (Å²) in [5.74, 6) is 0.409. The van der Waals surface area contributed by atoms with Crippen molar-refractivity contribution in [2.75, 3.05) is 31.8 Å². The lowest BCUT2D eigenvalue weighted by Crippen LogP contribution is -2.37. The minimum Gasteiger partial charge on any atom is -0.476 e. The lowest BCUT2D eigenvalue weighted by atomic mass is 10.2. The third kappa shape index (κ3) is 7.07. The summed E-state index contributed by atoms with van der Waals surface area (Å²) in [7, 11) is -3.66. The van der Waals surface area contributed by atoms with Gasteiger partial charge in [-0.3, -0.25) is 9.36 Å². The van der Waals surface area contributed by atoms with Crippen LogP contribution in [0.3, 0.4) is 0 Å². The Balaban J connectivity index is 1.27. The molecule has 1 aliphatic heterocycles. The van der Waals surface area contributed by atoms with Crippen LogP contribution in [0.5, 0.6) is 11.6 Å². The minimum absolute atomic E-state index is 0.0799. The number of para-hydroxylation sites is 1. The zero-order chi connectivity index (χ0) is 29.4. The summed E-state index contributed by atoms with van der Waals surface area (Å²) in [6.07, 6.45) is 3.39. The van der Waals surface area contributed by atoms with Crippen molar-refractivity contribution in [3.63, 3.8) is 0 Å². The van der Waals surface area contributed by atoms with Crippen LogP contribution in [0.4, 0.5) is 5.95 Å². The van der Waals surface area contributed by atoms with Crippen LogP contribution in [0.1, 0.15) is 31.7 Å². The number of fused-ring (bicyclic) bond motifs is 1.